The maximum atomic E-state index is 13.7. The maximum absolute atomic E-state index is 13.7. The number of hydrogen-bond acceptors (Lipinski definition) is 3. The SMILES string of the molecule is CCNC(=NCc1ncccc1F)NCC1CC(=O)N(CCc2ccccc2)C1. The van der Waals surface area contributed by atoms with Crippen molar-refractivity contribution in [1.29, 1.82) is 0 Å². The molecule has 1 saturated heterocycles. The van der Waals surface area contributed by atoms with Crippen molar-refractivity contribution in [3.05, 3.63) is 65.7 Å². The summed E-state index contributed by atoms with van der Waals surface area (Å²) in [5.74, 6) is 0.675. The van der Waals surface area contributed by atoms with E-state index in [4.69, 9.17) is 0 Å². The maximum Gasteiger partial charge on any atom is 0.223 e. The molecule has 0 bridgehead atoms. The number of aromatic nitrogens is 1. The minimum atomic E-state index is -0.359. The lowest BCUT2D eigenvalue weighted by Gasteiger charge is -2.18. The number of hydrogen-bond donors (Lipinski definition) is 2. The van der Waals surface area contributed by atoms with Gasteiger partial charge in [0.1, 0.15) is 5.82 Å². The van der Waals surface area contributed by atoms with Gasteiger partial charge in [-0.3, -0.25) is 9.78 Å². The van der Waals surface area contributed by atoms with E-state index in [0.29, 0.717) is 31.2 Å². The Hall–Kier alpha value is -2.96. The van der Waals surface area contributed by atoms with Crippen molar-refractivity contribution in [1.82, 2.24) is 20.5 Å². The Bertz CT molecular complexity index is 827. The Morgan fingerprint density at radius 2 is 2.07 bits per heavy atom. The molecule has 0 aliphatic carbocycles. The lowest BCUT2D eigenvalue weighted by molar-refractivity contribution is -0.127. The van der Waals surface area contributed by atoms with Crippen LogP contribution < -0.4 is 10.6 Å². The van der Waals surface area contributed by atoms with Crippen LogP contribution in [0, 0.1) is 11.7 Å². The van der Waals surface area contributed by atoms with Gasteiger partial charge in [-0.2, -0.15) is 0 Å². The van der Waals surface area contributed by atoms with E-state index in [1.807, 2.05) is 30.0 Å². The molecule has 1 aromatic carbocycles. The van der Waals surface area contributed by atoms with Crippen molar-refractivity contribution in [3.63, 3.8) is 0 Å². The number of nitrogens with zero attached hydrogens (tertiary/aromatic N) is 3. The van der Waals surface area contributed by atoms with Gasteiger partial charge >= 0.3 is 0 Å². The molecule has 0 radical (unpaired) electrons. The van der Waals surface area contributed by atoms with E-state index in [1.165, 1.54) is 11.6 Å². The first kappa shape index (κ1) is 20.8. The Labute approximate surface area is 171 Å². The highest BCUT2D eigenvalue weighted by atomic mass is 19.1. The Balaban J connectivity index is 1.49. The molecule has 29 heavy (non-hydrogen) atoms. The quantitative estimate of drug-likeness (QED) is 0.530. The fraction of sp³-hybridized carbons (Fsp3) is 0.409. The summed E-state index contributed by atoms with van der Waals surface area (Å²) in [5.41, 5.74) is 1.55. The largest absolute Gasteiger partial charge is 0.357 e. The smallest absolute Gasteiger partial charge is 0.223 e. The number of nitrogens with one attached hydrogen (secondary N) is 2. The van der Waals surface area contributed by atoms with Crippen LogP contribution in [0.4, 0.5) is 4.39 Å². The molecule has 1 aliphatic heterocycles. The number of amides is 1. The fourth-order valence-corrected chi connectivity index (χ4v) is 3.39. The number of aliphatic imine (C=N–C) groups is 1. The van der Waals surface area contributed by atoms with E-state index >= 15 is 0 Å². The highest BCUT2D eigenvalue weighted by Crippen LogP contribution is 2.17. The van der Waals surface area contributed by atoms with Crippen molar-refractivity contribution >= 4 is 11.9 Å². The average molecular weight is 397 g/mol. The third-order valence-corrected chi connectivity index (χ3v) is 4.93. The Morgan fingerprint density at radius 3 is 2.83 bits per heavy atom. The summed E-state index contributed by atoms with van der Waals surface area (Å²) >= 11 is 0. The summed E-state index contributed by atoms with van der Waals surface area (Å²) in [7, 11) is 0. The van der Waals surface area contributed by atoms with Crippen LogP contribution in [0.5, 0.6) is 0 Å². The van der Waals surface area contributed by atoms with Gasteiger partial charge in [0.15, 0.2) is 5.96 Å². The van der Waals surface area contributed by atoms with Gasteiger partial charge in [-0.25, -0.2) is 9.38 Å². The molecule has 154 valence electrons. The van der Waals surface area contributed by atoms with Gasteiger partial charge in [0.25, 0.3) is 0 Å². The predicted octanol–water partition coefficient (Wildman–Crippen LogP) is 2.37. The number of pyridine rings is 1. The van der Waals surface area contributed by atoms with Gasteiger partial charge in [0.2, 0.25) is 5.91 Å². The molecule has 6 nitrogen and oxygen atoms in total. The molecule has 0 spiro atoms. The van der Waals surface area contributed by atoms with E-state index in [9.17, 15) is 9.18 Å². The van der Waals surface area contributed by atoms with Crippen molar-refractivity contribution in [2.24, 2.45) is 10.9 Å². The summed E-state index contributed by atoms with van der Waals surface area (Å²) in [4.78, 5) is 22.7. The second kappa shape index (κ2) is 10.5. The van der Waals surface area contributed by atoms with E-state index in [2.05, 4.69) is 32.7 Å². The van der Waals surface area contributed by atoms with Crippen molar-refractivity contribution in [2.45, 2.75) is 26.3 Å². The van der Waals surface area contributed by atoms with Gasteiger partial charge in [0, 0.05) is 44.7 Å². The first-order chi connectivity index (χ1) is 14.2. The van der Waals surface area contributed by atoms with Crippen LogP contribution in [0.15, 0.2) is 53.7 Å². The predicted molar refractivity (Wildman–Crippen MR) is 112 cm³/mol. The summed E-state index contributed by atoms with van der Waals surface area (Å²) < 4.78 is 13.7. The molecule has 1 atom stereocenters. The molecule has 0 saturated carbocycles. The molecule has 2 aromatic rings. The number of halogens is 1. The third kappa shape index (κ3) is 6.27. The van der Waals surface area contributed by atoms with E-state index < -0.39 is 0 Å². The summed E-state index contributed by atoms with van der Waals surface area (Å²) in [6, 6.07) is 13.2. The standard InChI is InChI=1S/C22H28FN5O/c1-2-24-22(27-15-20-19(23)9-6-11-25-20)26-14-18-13-21(29)28(16-18)12-10-17-7-4-3-5-8-17/h3-9,11,18H,2,10,12-16H2,1H3,(H2,24,26,27). The minimum absolute atomic E-state index is 0.162. The number of guanidine groups is 1. The van der Waals surface area contributed by atoms with Crippen LogP contribution >= 0.6 is 0 Å². The highest BCUT2D eigenvalue weighted by Gasteiger charge is 2.29. The van der Waals surface area contributed by atoms with Crippen molar-refractivity contribution in [3.8, 4) is 0 Å². The van der Waals surface area contributed by atoms with E-state index in [0.717, 1.165) is 19.5 Å². The second-order valence-electron chi connectivity index (χ2n) is 7.15. The van der Waals surface area contributed by atoms with Crippen LogP contribution in [0.25, 0.3) is 0 Å². The topological polar surface area (TPSA) is 69.6 Å². The lowest BCUT2D eigenvalue weighted by Crippen LogP contribution is -2.40. The van der Waals surface area contributed by atoms with Crippen LogP contribution in [0.3, 0.4) is 0 Å². The molecule has 2 N–H and O–H groups in total. The Morgan fingerprint density at radius 1 is 1.24 bits per heavy atom. The number of rotatable bonds is 8. The highest BCUT2D eigenvalue weighted by molar-refractivity contribution is 5.81. The molecule has 1 unspecified atom stereocenters. The van der Waals surface area contributed by atoms with Crippen LogP contribution in [-0.2, 0) is 17.8 Å². The van der Waals surface area contributed by atoms with Gasteiger partial charge < -0.3 is 15.5 Å². The van der Waals surface area contributed by atoms with Crippen LogP contribution in [-0.4, -0.2) is 47.9 Å². The molecule has 1 amide bonds. The van der Waals surface area contributed by atoms with Gasteiger partial charge in [0.05, 0.1) is 12.2 Å². The lowest BCUT2D eigenvalue weighted by atomic mass is 10.1. The monoisotopic (exact) mass is 397 g/mol. The third-order valence-electron chi connectivity index (χ3n) is 4.93. The molecule has 1 aliphatic rings. The average Bonchev–Trinajstić information content (AvgIpc) is 3.10. The van der Waals surface area contributed by atoms with Gasteiger partial charge in [-0.05, 0) is 31.0 Å². The number of carbonyl (C=O) groups excluding carboxylic acids is 1. The Kier molecular flexibility index (Phi) is 7.55. The molecule has 7 heteroatoms. The molecule has 2 heterocycles. The van der Waals surface area contributed by atoms with E-state index in [-0.39, 0.29) is 24.2 Å². The zero-order valence-corrected chi connectivity index (χ0v) is 16.8. The van der Waals surface area contributed by atoms with Crippen molar-refractivity contribution in [2.75, 3.05) is 26.2 Å². The molecule has 3 rings (SSSR count). The second-order valence-corrected chi connectivity index (χ2v) is 7.15. The zero-order chi connectivity index (χ0) is 20.5. The summed E-state index contributed by atoms with van der Waals surface area (Å²) in [6.45, 7) is 4.96. The molecular formula is C22H28FN5O. The van der Waals surface area contributed by atoms with Gasteiger partial charge in [-0.15, -0.1) is 0 Å². The first-order valence-corrected chi connectivity index (χ1v) is 10.1. The van der Waals surface area contributed by atoms with Crippen LogP contribution in [0.2, 0.25) is 0 Å². The minimum Gasteiger partial charge on any atom is -0.357 e. The molecule has 1 fully saturated rings. The first-order valence-electron chi connectivity index (χ1n) is 10.1. The van der Waals surface area contributed by atoms with Crippen LogP contribution in [0.1, 0.15) is 24.6 Å². The number of benzene rings is 1. The molecular weight excluding hydrogens is 369 g/mol. The summed E-state index contributed by atoms with van der Waals surface area (Å²) in [5, 5.41) is 6.43. The fourth-order valence-electron chi connectivity index (χ4n) is 3.39. The molecule has 1 aromatic heterocycles. The number of likely N-dealkylation sites (tertiary alicyclic amines) is 1. The van der Waals surface area contributed by atoms with Gasteiger partial charge in [-0.1, -0.05) is 30.3 Å². The summed E-state index contributed by atoms with van der Waals surface area (Å²) in [6.07, 6.45) is 2.96. The normalized spacial score (nSPS) is 16.9. The number of carbonyl (C=O) groups is 1. The van der Waals surface area contributed by atoms with E-state index in [1.54, 1.807) is 12.3 Å². The zero-order valence-electron chi connectivity index (χ0n) is 16.8. The van der Waals surface area contributed by atoms with Crippen molar-refractivity contribution < 1.29 is 9.18 Å².